The summed E-state index contributed by atoms with van der Waals surface area (Å²) in [5.74, 6) is -0.638. The van der Waals surface area contributed by atoms with Gasteiger partial charge in [-0.3, -0.25) is 0 Å². The van der Waals surface area contributed by atoms with Crippen molar-refractivity contribution in [3.8, 4) is 0 Å². The third kappa shape index (κ3) is 3.80. The molecule has 20 heavy (non-hydrogen) atoms. The van der Waals surface area contributed by atoms with Crippen molar-refractivity contribution in [3.63, 3.8) is 0 Å². The second-order valence-electron chi connectivity index (χ2n) is 3.88. The minimum Gasteiger partial charge on any atom is -0.350 e. The Morgan fingerprint density at radius 1 is 1.10 bits per heavy atom. The molecule has 1 N–H and O–H groups in total. The van der Waals surface area contributed by atoms with Gasteiger partial charge in [-0.1, -0.05) is 23.7 Å². The van der Waals surface area contributed by atoms with Crippen molar-refractivity contribution in [2.75, 3.05) is 5.32 Å². The monoisotopic (exact) mass is 305 g/mol. The van der Waals surface area contributed by atoms with Crippen LogP contribution < -0.4 is 5.32 Å². The largest absolute Gasteiger partial charge is 0.433 e. The van der Waals surface area contributed by atoms with E-state index < -0.39 is 17.7 Å². The zero-order valence-corrected chi connectivity index (χ0v) is 10.6. The van der Waals surface area contributed by atoms with Crippen molar-refractivity contribution in [1.82, 2.24) is 9.97 Å². The average molecular weight is 306 g/mol. The highest BCUT2D eigenvalue weighted by atomic mass is 35.5. The van der Waals surface area contributed by atoms with Gasteiger partial charge in [-0.25, -0.2) is 14.4 Å². The summed E-state index contributed by atoms with van der Waals surface area (Å²) in [4.78, 5) is 6.98. The molecule has 0 bridgehead atoms. The lowest BCUT2D eigenvalue weighted by molar-refractivity contribution is -0.141. The van der Waals surface area contributed by atoms with Crippen molar-refractivity contribution in [1.29, 1.82) is 0 Å². The minimum absolute atomic E-state index is 0.151. The first kappa shape index (κ1) is 14.5. The van der Waals surface area contributed by atoms with Crippen LogP contribution in [0.25, 0.3) is 0 Å². The number of hydrogen-bond acceptors (Lipinski definition) is 3. The number of rotatable bonds is 3. The van der Waals surface area contributed by atoms with Gasteiger partial charge in [-0.2, -0.15) is 13.2 Å². The smallest absolute Gasteiger partial charge is 0.350 e. The normalized spacial score (nSPS) is 11.4. The molecule has 0 radical (unpaired) electrons. The lowest BCUT2D eigenvalue weighted by atomic mass is 10.2. The highest BCUT2D eigenvalue weighted by molar-refractivity contribution is 6.29. The van der Waals surface area contributed by atoms with Crippen LogP contribution in [0, 0.1) is 5.82 Å². The van der Waals surface area contributed by atoms with Crippen molar-refractivity contribution >= 4 is 17.5 Å². The average Bonchev–Trinajstić information content (AvgIpc) is 2.36. The summed E-state index contributed by atoms with van der Waals surface area (Å²) in [5, 5.41) is 2.29. The molecule has 2 aromatic rings. The van der Waals surface area contributed by atoms with E-state index in [9.17, 15) is 17.6 Å². The van der Waals surface area contributed by atoms with E-state index in [1.807, 2.05) is 0 Å². The zero-order valence-electron chi connectivity index (χ0n) is 9.88. The van der Waals surface area contributed by atoms with E-state index in [2.05, 4.69) is 15.3 Å². The second kappa shape index (κ2) is 5.62. The summed E-state index contributed by atoms with van der Waals surface area (Å²) in [6.07, 6.45) is -4.60. The van der Waals surface area contributed by atoms with Gasteiger partial charge in [0.05, 0.1) is 0 Å². The van der Waals surface area contributed by atoms with Gasteiger partial charge in [-0.05, 0) is 17.7 Å². The summed E-state index contributed by atoms with van der Waals surface area (Å²) in [5.41, 5.74) is -0.456. The van der Waals surface area contributed by atoms with Gasteiger partial charge < -0.3 is 5.32 Å². The molecule has 0 fully saturated rings. The van der Waals surface area contributed by atoms with E-state index in [4.69, 9.17) is 11.6 Å². The second-order valence-corrected chi connectivity index (χ2v) is 4.26. The first-order valence-corrected chi connectivity index (χ1v) is 5.82. The fraction of sp³-hybridized carbons (Fsp3) is 0.167. The predicted octanol–water partition coefficient (Wildman–Crippen LogP) is 3.90. The predicted molar refractivity (Wildman–Crippen MR) is 65.8 cm³/mol. The SMILES string of the molecule is Fc1ccc(CNc2nc(Cl)cc(C(F)(F)F)n2)cc1. The summed E-state index contributed by atoms with van der Waals surface area (Å²) in [6.45, 7) is 0.151. The Hall–Kier alpha value is -1.89. The lowest BCUT2D eigenvalue weighted by Gasteiger charge is -2.09. The molecule has 0 amide bonds. The number of hydrogen-bond donors (Lipinski definition) is 1. The third-order valence-electron chi connectivity index (χ3n) is 2.35. The molecule has 1 heterocycles. The maximum absolute atomic E-state index is 12.7. The van der Waals surface area contributed by atoms with Gasteiger partial charge in [0, 0.05) is 12.6 Å². The van der Waals surface area contributed by atoms with E-state index in [0.29, 0.717) is 11.6 Å². The maximum atomic E-state index is 12.7. The van der Waals surface area contributed by atoms with Crippen LogP contribution in [-0.2, 0) is 12.7 Å². The van der Waals surface area contributed by atoms with Crippen LogP contribution in [0.1, 0.15) is 11.3 Å². The van der Waals surface area contributed by atoms with E-state index >= 15 is 0 Å². The fourth-order valence-electron chi connectivity index (χ4n) is 1.43. The van der Waals surface area contributed by atoms with Gasteiger partial charge in [0.15, 0.2) is 5.69 Å². The highest BCUT2D eigenvalue weighted by Crippen LogP contribution is 2.29. The summed E-state index contributed by atoms with van der Waals surface area (Å²) >= 11 is 5.52. The van der Waals surface area contributed by atoms with Gasteiger partial charge in [0.1, 0.15) is 11.0 Å². The third-order valence-corrected chi connectivity index (χ3v) is 2.54. The molecule has 0 aliphatic carbocycles. The Labute approximate surface area is 116 Å². The van der Waals surface area contributed by atoms with Crippen LogP contribution in [0.3, 0.4) is 0 Å². The Bertz CT molecular complexity index is 599. The highest BCUT2D eigenvalue weighted by Gasteiger charge is 2.33. The Morgan fingerprint density at radius 2 is 1.75 bits per heavy atom. The number of alkyl halides is 3. The number of nitrogens with one attached hydrogen (secondary N) is 1. The number of nitrogens with zero attached hydrogens (tertiary/aromatic N) is 2. The van der Waals surface area contributed by atoms with Gasteiger partial charge in [0.2, 0.25) is 5.95 Å². The molecular formula is C12H8ClF4N3. The Morgan fingerprint density at radius 3 is 2.35 bits per heavy atom. The van der Waals surface area contributed by atoms with Crippen molar-refractivity contribution in [2.45, 2.75) is 12.7 Å². The van der Waals surface area contributed by atoms with E-state index in [-0.39, 0.29) is 17.6 Å². The van der Waals surface area contributed by atoms with Gasteiger partial charge >= 0.3 is 6.18 Å². The van der Waals surface area contributed by atoms with Crippen LogP contribution in [0.15, 0.2) is 30.3 Å². The molecule has 0 unspecified atom stereocenters. The molecule has 8 heteroatoms. The quantitative estimate of drug-likeness (QED) is 0.690. The molecule has 0 atom stereocenters. The van der Waals surface area contributed by atoms with Crippen LogP contribution in [0.5, 0.6) is 0 Å². The molecule has 0 aliphatic rings. The van der Waals surface area contributed by atoms with E-state index in [0.717, 1.165) is 0 Å². The standard InChI is InChI=1S/C12H8ClF4N3/c13-10-5-9(12(15,16)17)19-11(20-10)18-6-7-1-3-8(14)4-2-7/h1-5H,6H2,(H,18,19,20). The van der Waals surface area contributed by atoms with Crippen LogP contribution in [0.4, 0.5) is 23.5 Å². The van der Waals surface area contributed by atoms with E-state index in [1.165, 1.54) is 24.3 Å². The van der Waals surface area contributed by atoms with Gasteiger partial charge in [0.25, 0.3) is 0 Å². The molecule has 3 nitrogen and oxygen atoms in total. The number of aromatic nitrogens is 2. The van der Waals surface area contributed by atoms with Crippen molar-refractivity contribution < 1.29 is 17.6 Å². The molecule has 0 saturated carbocycles. The summed E-state index contributed by atoms with van der Waals surface area (Å²) in [7, 11) is 0. The molecule has 1 aromatic carbocycles. The number of anilines is 1. The Balaban J connectivity index is 2.13. The first-order chi connectivity index (χ1) is 9.34. The number of benzene rings is 1. The lowest BCUT2D eigenvalue weighted by Crippen LogP contribution is -2.12. The molecule has 0 saturated heterocycles. The minimum atomic E-state index is -4.60. The zero-order chi connectivity index (χ0) is 14.8. The summed E-state index contributed by atoms with van der Waals surface area (Å²) < 4.78 is 50.3. The molecule has 1 aromatic heterocycles. The molecule has 0 spiro atoms. The van der Waals surface area contributed by atoms with Crippen molar-refractivity contribution in [2.24, 2.45) is 0 Å². The fourth-order valence-corrected chi connectivity index (χ4v) is 1.61. The molecule has 2 rings (SSSR count). The van der Waals surface area contributed by atoms with Crippen LogP contribution >= 0.6 is 11.6 Å². The number of halogens is 5. The van der Waals surface area contributed by atoms with Gasteiger partial charge in [-0.15, -0.1) is 0 Å². The first-order valence-electron chi connectivity index (χ1n) is 5.45. The topological polar surface area (TPSA) is 37.8 Å². The molecular weight excluding hydrogens is 298 g/mol. The van der Waals surface area contributed by atoms with E-state index in [1.54, 1.807) is 0 Å². The Kier molecular flexibility index (Phi) is 4.08. The van der Waals surface area contributed by atoms with Crippen LogP contribution in [-0.4, -0.2) is 9.97 Å². The maximum Gasteiger partial charge on any atom is 0.433 e. The summed E-state index contributed by atoms with van der Waals surface area (Å²) in [6, 6.07) is 6.13. The van der Waals surface area contributed by atoms with Crippen molar-refractivity contribution in [3.05, 3.63) is 52.6 Å². The van der Waals surface area contributed by atoms with Crippen LogP contribution in [0.2, 0.25) is 5.15 Å². The molecule has 0 aliphatic heterocycles. The molecule has 106 valence electrons.